The number of rotatable bonds is 2. The van der Waals surface area contributed by atoms with Crippen molar-refractivity contribution >= 4 is 19.4 Å². The van der Waals surface area contributed by atoms with E-state index >= 15 is 0 Å². The number of hydrogen-bond donors (Lipinski definition) is 0. The molecule has 62 valence electrons. The molecule has 0 aromatic carbocycles. The maximum absolute atomic E-state index is 10.5. The average Bonchev–Trinajstić information content (AvgIpc) is 1.65. The molecule has 0 rings (SSSR count). The van der Waals surface area contributed by atoms with Gasteiger partial charge in [-0.05, 0) is 6.42 Å². The third-order valence-corrected chi connectivity index (χ3v) is 0.705. The molecule has 1 amide bonds. The summed E-state index contributed by atoms with van der Waals surface area (Å²) in [6.45, 7) is 5.61. The minimum atomic E-state index is 0. The van der Waals surface area contributed by atoms with Gasteiger partial charge in [-0.2, -0.15) is 13.5 Å². The average molecular weight is 332 g/mol. The van der Waals surface area contributed by atoms with E-state index in [9.17, 15) is 4.79 Å². The van der Waals surface area contributed by atoms with Gasteiger partial charge in [-0.15, -0.1) is 6.04 Å². The molecule has 2 nitrogen and oxygen atoms in total. The normalized spacial score (nSPS) is 7.60. The van der Waals surface area contributed by atoms with Crippen LogP contribution in [0.2, 0.25) is 0 Å². The van der Waals surface area contributed by atoms with Gasteiger partial charge in [0.1, 0.15) is 0 Å². The van der Waals surface area contributed by atoms with Gasteiger partial charge in [0.25, 0.3) is 0 Å². The number of hydrogen-bond acceptors (Lipinski definition) is 1. The van der Waals surface area contributed by atoms with Crippen molar-refractivity contribution in [2.75, 3.05) is 0 Å². The Hall–Kier alpha value is 0.508. The first-order valence-electron chi connectivity index (χ1n) is 2.90. The van der Waals surface area contributed by atoms with Crippen LogP contribution >= 0.6 is 13.5 Å². The Morgan fingerprint density at radius 1 is 1.50 bits per heavy atom. The van der Waals surface area contributed by atoms with Crippen LogP contribution in [-0.4, -0.2) is 11.9 Å². The predicted molar refractivity (Wildman–Crippen MR) is 44.2 cm³/mol. The molecule has 0 aliphatic rings. The second-order valence-electron chi connectivity index (χ2n) is 1.97. The van der Waals surface area contributed by atoms with Crippen LogP contribution in [0.15, 0.2) is 0 Å². The molecule has 0 saturated carbocycles. The van der Waals surface area contributed by atoms with Crippen molar-refractivity contribution in [1.82, 2.24) is 0 Å². The van der Waals surface area contributed by atoms with E-state index in [1.807, 2.05) is 20.8 Å². The molecule has 0 bridgehead atoms. The summed E-state index contributed by atoms with van der Waals surface area (Å²) in [6.07, 6.45) is 0.526. The SMILES string of the molecule is CCC(=O)[N-]C(C)C.S.[W]. The van der Waals surface area contributed by atoms with E-state index in [1.54, 1.807) is 0 Å². The summed E-state index contributed by atoms with van der Waals surface area (Å²) in [6, 6.07) is 0.155. The molecule has 10 heavy (non-hydrogen) atoms. The van der Waals surface area contributed by atoms with Gasteiger partial charge < -0.3 is 10.1 Å². The van der Waals surface area contributed by atoms with Crippen molar-refractivity contribution in [3.8, 4) is 0 Å². The Bertz CT molecular complexity index is 87.8. The van der Waals surface area contributed by atoms with E-state index in [0.29, 0.717) is 6.42 Å². The van der Waals surface area contributed by atoms with Gasteiger partial charge in [0.15, 0.2) is 0 Å². The van der Waals surface area contributed by atoms with Crippen LogP contribution in [0.1, 0.15) is 27.2 Å². The molecule has 0 aliphatic heterocycles. The minimum absolute atomic E-state index is 0. The summed E-state index contributed by atoms with van der Waals surface area (Å²) < 4.78 is 0. The summed E-state index contributed by atoms with van der Waals surface area (Å²) in [5, 5.41) is 3.76. The first-order chi connectivity index (χ1) is 3.66. The number of carbonyl (C=O) groups is 1. The van der Waals surface area contributed by atoms with E-state index in [1.165, 1.54) is 0 Å². The van der Waals surface area contributed by atoms with Crippen molar-refractivity contribution in [1.29, 1.82) is 0 Å². The Labute approximate surface area is 83.9 Å². The Morgan fingerprint density at radius 2 is 1.90 bits per heavy atom. The zero-order chi connectivity index (χ0) is 6.57. The van der Waals surface area contributed by atoms with Gasteiger partial charge in [0.2, 0.25) is 0 Å². The minimum Gasteiger partial charge on any atom is -0.651 e. The van der Waals surface area contributed by atoms with E-state index in [0.717, 1.165) is 0 Å². The largest absolute Gasteiger partial charge is 0.651 e. The Morgan fingerprint density at radius 3 is 2.00 bits per heavy atom. The van der Waals surface area contributed by atoms with Gasteiger partial charge >= 0.3 is 0 Å². The van der Waals surface area contributed by atoms with Crippen LogP contribution in [0.5, 0.6) is 0 Å². The van der Waals surface area contributed by atoms with E-state index in [2.05, 4.69) is 5.32 Å². The molecule has 0 fully saturated rings. The maximum atomic E-state index is 10.5. The molecule has 4 heteroatoms. The standard InChI is InChI=1S/C6H13NO.H2S.W/c1-4-6(8)7-5(2)3;;/h5H,4H2,1-3H3,(H,7,8);1H2;/p-1. The first kappa shape index (κ1) is 16.9. The summed E-state index contributed by atoms with van der Waals surface area (Å²) in [5.74, 6) is 0.000000000000000444. The summed E-state index contributed by atoms with van der Waals surface area (Å²) >= 11 is 0. The smallest absolute Gasteiger partial charge is 0.0510 e. The fourth-order valence-corrected chi connectivity index (χ4v) is 0.379. The van der Waals surface area contributed by atoms with Crippen LogP contribution in [0.4, 0.5) is 0 Å². The van der Waals surface area contributed by atoms with Crippen LogP contribution in [-0.2, 0) is 25.9 Å². The predicted octanol–water partition coefficient (Wildman–Crippen LogP) is 1.82. The molecule has 0 aliphatic carbocycles. The van der Waals surface area contributed by atoms with Crippen molar-refractivity contribution in [2.45, 2.75) is 33.2 Å². The Kier molecular flexibility index (Phi) is 16.0. The van der Waals surface area contributed by atoms with Crippen molar-refractivity contribution in [3.63, 3.8) is 0 Å². The van der Waals surface area contributed by atoms with E-state index in [-0.39, 0.29) is 46.5 Å². The van der Waals surface area contributed by atoms with Crippen LogP contribution in [0, 0.1) is 0 Å². The molecule has 0 spiro atoms. The van der Waals surface area contributed by atoms with Crippen molar-refractivity contribution < 1.29 is 25.9 Å². The molecule has 0 atom stereocenters. The third kappa shape index (κ3) is 11.3. The third-order valence-electron chi connectivity index (χ3n) is 0.705. The van der Waals surface area contributed by atoms with Crippen molar-refractivity contribution in [3.05, 3.63) is 5.32 Å². The fourth-order valence-electron chi connectivity index (χ4n) is 0.379. The van der Waals surface area contributed by atoms with Gasteiger partial charge in [-0.3, -0.25) is 0 Å². The van der Waals surface area contributed by atoms with Crippen LogP contribution in [0.25, 0.3) is 5.32 Å². The van der Waals surface area contributed by atoms with E-state index < -0.39 is 0 Å². The molecule has 0 N–H and O–H groups in total. The van der Waals surface area contributed by atoms with Crippen LogP contribution < -0.4 is 0 Å². The molecule has 0 aromatic heterocycles. The summed E-state index contributed by atoms with van der Waals surface area (Å²) in [5.41, 5.74) is 0. The number of carbonyl (C=O) groups excluding carboxylic acids is 1. The quantitative estimate of drug-likeness (QED) is 0.759. The topological polar surface area (TPSA) is 31.2 Å². The summed E-state index contributed by atoms with van der Waals surface area (Å²) in [7, 11) is 0. The molecule has 0 radical (unpaired) electrons. The second kappa shape index (κ2) is 9.51. The molecular formula is C6H14NOSW-. The van der Waals surface area contributed by atoms with Gasteiger partial charge in [0, 0.05) is 21.1 Å². The van der Waals surface area contributed by atoms with Gasteiger partial charge in [0.05, 0.1) is 5.91 Å². The second-order valence-corrected chi connectivity index (χ2v) is 1.97. The fraction of sp³-hybridized carbons (Fsp3) is 0.833. The van der Waals surface area contributed by atoms with Crippen molar-refractivity contribution in [2.24, 2.45) is 0 Å². The molecule has 0 heterocycles. The monoisotopic (exact) mass is 332 g/mol. The number of amides is 1. The zero-order valence-electron chi connectivity index (χ0n) is 6.55. The molecule has 0 aromatic rings. The van der Waals surface area contributed by atoms with Gasteiger partial charge in [-0.1, -0.05) is 20.8 Å². The zero-order valence-corrected chi connectivity index (χ0v) is 10.5. The molecular weight excluding hydrogens is 318 g/mol. The first-order valence-corrected chi connectivity index (χ1v) is 2.90. The van der Waals surface area contributed by atoms with Crippen LogP contribution in [0.3, 0.4) is 0 Å². The molecule has 0 saturated heterocycles. The Balaban J connectivity index is -0.000000245. The number of nitrogens with zero attached hydrogens (tertiary/aromatic N) is 1. The maximum Gasteiger partial charge on any atom is 0.0510 e. The van der Waals surface area contributed by atoms with E-state index in [4.69, 9.17) is 0 Å². The summed E-state index contributed by atoms with van der Waals surface area (Å²) in [4.78, 5) is 10.5. The van der Waals surface area contributed by atoms with Gasteiger partial charge in [-0.25, -0.2) is 0 Å². The molecule has 0 unspecified atom stereocenters.